The zero-order chi connectivity index (χ0) is 24.2. The van der Waals surface area contributed by atoms with Gasteiger partial charge in [0.25, 0.3) is 0 Å². The van der Waals surface area contributed by atoms with E-state index < -0.39 is 0 Å². The molecule has 4 fully saturated rings. The number of rotatable bonds is 0. The van der Waals surface area contributed by atoms with Crippen LogP contribution in [0.25, 0.3) is 0 Å². The molecule has 36 heavy (non-hydrogen) atoms. The number of halogens is 4. The summed E-state index contributed by atoms with van der Waals surface area (Å²) in [6.45, 7) is 20.8. The van der Waals surface area contributed by atoms with Crippen molar-refractivity contribution in [1.29, 1.82) is 0 Å². The molecule has 4 rings (SSSR count). The zero-order valence-electron chi connectivity index (χ0n) is 21.4. The van der Waals surface area contributed by atoms with Crippen LogP contribution in [0.15, 0.2) is 0 Å². The summed E-state index contributed by atoms with van der Waals surface area (Å²) in [7, 11) is 0. The third kappa shape index (κ3) is 15.0. The molecule has 0 N–H and O–H groups in total. The van der Waals surface area contributed by atoms with Crippen LogP contribution in [0.2, 0.25) is 0 Å². The first-order valence-electron chi connectivity index (χ1n) is 13.0. The molecule has 4 aliphatic heterocycles. The quantitative estimate of drug-likeness (QED) is 0.284. The van der Waals surface area contributed by atoms with Gasteiger partial charge in [0.1, 0.15) is 0 Å². The van der Waals surface area contributed by atoms with Crippen LogP contribution in [0, 0.1) is 0 Å². The Kier molecular flexibility index (Phi) is 20.7. The van der Waals surface area contributed by atoms with Gasteiger partial charge in [0.05, 0.1) is 0 Å². The van der Waals surface area contributed by atoms with Crippen LogP contribution >= 0.6 is 47.1 Å². The second kappa shape index (κ2) is 20.7. The number of hydrogen-bond donors (Lipinski definition) is 0. The zero-order valence-corrected chi connectivity index (χ0v) is 26.6. The standard InChI is InChI=1S/C12H24Cl2N4.C10H20Cl2N4.2Fe/c13-17-5-1-3-15-7-8-16(10-11-17)4-2-6-18(14)12-9-15;11-15-7-3-13-1-2-14(5-9-15)6-10-16(12)8-4-13;;/h1-12H2;1-10H2;;/q;;2*+2. The van der Waals surface area contributed by atoms with Crippen LogP contribution < -0.4 is 0 Å². The fraction of sp³-hybridized carbons (Fsp3) is 1.00. The smallest absolute Gasteiger partial charge is 0.301 e. The summed E-state index contributed by atoms with van der Waals surface area (Å²) in [6, 6.07) is 0. The molecule has 8 nitrogen and oxygen atoms in total. The van der Waals surface area contributed by atoms with Crippen molar-refractivity contribution in [2.45, 2.75) is 12.8 Å². The van der Waals surface area contributed by atoms with Crippen molar-refractivity contribution in [2.75, 3.05) is 131 Å². The number of fused-ring (bicyclic) bond motifs is 6. The van der Waals surface area contributed by atoms with Crippen molar-refractivity contribution in [2.24, 2.45) is 0 Å². The van der Waals surface area contributed by atoms with Crippen molar-refractivity contribution < 1.29 is 34.1 Å². The van der Waals surface area contributed by atoms with Gasteiger partial charge >= 0.3 is 34.1 Å². The summed E-state index contributed by atoms with van der Waals surface area (Å²) in [5.41, 5.74) is 0. The predicted octanol–water partition coefficient (Wildman–Crippen LogP) is 1.83. The van der Waals surface area contributed by atoms with Gasteiger partial charge in [-0.15, -0.1) is 0 Å². The van der Waals surface area contributed by atoms with Gasteiger partial charge in [0.2, 0.25) is 0 Å². The molecule has 0 aliphatic carbocycles. The van der Waals surface area contributed by atoms with Crippen molar-refractivity contribution >= 4 is 47.1 Å². The van der Waals surface area contributed by atoms with Crippen LogP contribution in [0.1, 0.15) is 12.8 Å². The van der Waals surface area contributed by atoms with E-state index in [1.165, 1.54) is 0 Å². The number of hydrogen-bond acceptors (Lipinski definition) is 8. The van der Waals surface area contributed by atoms with Crippen molar-refractivity contribution in [3.8, 4) is 0 Å². The molecule has 4 bridgehead atoms. The minimum absolute atomic E-state index is 0. The maximum absolute atomic E-state index is 6.21. The van der Waals surface area contributed by atoms with Gasteiger partial charge < -0.3 is 9.80 Å². The fourth-order valence-corrected chi connectivity index (χ4v) is 5.48. The van der Waals surface area contributed by atoms with E-state index in [0.29, 0.717) is 0 Å². The van der Waals surface area contributed by atoms with E-state index in [0.717, 1.165) is 144 Å². The normalized spacial score (nSPS) is 33.0. The molecule has 2 unspecified atom stereocenters. The summed E-state index contributed by atoms with van der Waals surface area (Å²) in [4.78, 5) is 9.94. The fourth-order valence-electron chi connectivity index (χ4n) is 4.79. The molecule has 2 atom stereocenters. The molecule has 4 aliphatic rings. The summed E-state index contributed by atoms with van der Waals surface area (Å²) in [6.07, 6.45) is 2.29. The Morgan fingerprint density at radius 2 is 0.444 bits per heavy atom. The second-order valence-corrected chi connectivity index (χ2v) is 11.6. The van der Waals surface area contributed by atoms with Crippen molar-refractivity contribution in [3.63, 3.8) is 0 Å². The van der Waals surface area contributed by atoms with Gasteiger partial charge in [-0.2, -0.15) is 0 Å². The molecule has 14 heteroatoms. The summed E-state index contributed by atoms with van der Waals surface area (Å²) < 4.78 is 7.70. The average molecular weight is 674 g/mol. The van der Waals surface area contributed by atoms with Crippen LogP contribution in [-0.2, 0) is 34.1 Å². The monoisotopic (exact) mass is 672 g/mol. The largest absolute Gasteiger partial charge is 2.00 e. The first kappa shape index (κ1) is 35.9. The Morgan fingerprint density at radius 3 is 0.722 bits per heavy atom. The maximum atomic E-state index is 6.21. The van der Waals surface area contributed by atoms with Gasteiger partial charge in [-0.3, -0.25) is 9.80 Å². The van der Waals surface area contributed by atoms with Gasteiger partial charge in [-0.1, -0.05) is 0 Å². The Bertz CT molecular complexity index is 500. The molecule has 0 aromatic heterocycles. The first-order chi connectivity index (χ1) is 16.5. The molecule has 4 saturated heterocycles. The second-order valence-electron chi connectivity index (χ2n) is 9.71. The minimum Gasteiger partial charge on any atom is -0.301 e. The molecule has 0 radical (unpaired) electrons. The Hall–Kier alpha value is 1.88. The van der Waals surface area contributed by atoms with Gasteiger partial charge in [0.15, 0.2) is 0 Å². The molecule has 212 valence electrons. The van der Waals surface area contributed by atoms with Gasteiger partial charge in [-0.25, -0.2) is 17.7 Å². The van der Waals surface area contributed by atoms with Crippen LogP contribution in [-0.4, -0.2) is 168 Å². The maximum Gasteiger partial charge on any atom is 2.00 e. The molecule has 0 aromatic rings. The summed E-state index contributed by atoms with van der Waals surface area (Å²) in [5.74, 6) is 0. The third-order valence-electron chi connectivity index (χ3n) is 7.17. The molecular formula is C22H44Cl4Fe2N8+4. The first-order valence-corrected chi connectivity index (χ1v) is 14.4. The van der Waals surface area contributed by atoms with Crippen LogP contribution in [0.3, 0.4) is 0 Å². The predicted molar refractivity (Wildman–Crippen MR) is 145 cm³/mol. The van der Waals surface area contributed by atoms with E-state index in [-0.39, 0.29) is 34.1 Å². The van der Waals surface area contributed by atoms with E-state index in [9.17, 15) is 0 Å². The van der Waals surface area contributed by atoms with Crippen molar-refractivity contribution in [1.82, 2.24) is 37.3 Å². The third-order valence-corrected chi connectivity index (χ3v) is 8.52. The Balaban J connectivity index is 0.000000343. The SMILES string of the molecule is ClN1CCCN2CCN(Cl)CCCN(CC1)CC2.ClN1CCN2CCN(Cl)CCN(CC1)CC2.[Fe+2].[Fe+2]. The molecule has 0 spiro atoms. The van der Waals surface area contributed by atoms with E-state index in [4.69, 9.17) is 47.1 Å². The molecule has 0 amide bonds. The Morgan fingerprint density at radius 1 is 0.250 bits per heavy atom. The van der Waals surface area contributed by atoms with E-state index in [2.05, 4.69) is 19.6 Å². The van der Waals surface area contributed by atoms with Crippen LogP contribution in [0.5, 0.6) is 0 Å². The van der Waals surface area contributed by atoms with E-state index >= 15 is 0 Å². The van der Waals surface area contributed by atoms with Gasteiger partial charge in [-0.05, 0) is 73.0 Å². The van der Waals surface area contributed by atoms with Crippen molar-refractivity contribution in [3.05, 3.63) is 0 Å². The minimum atomic E-state index is 0. The summed E-state index contributed by atoms with van der Waals surface area (Å²) in [5, 5.41) is 0. The van der Waals surface area contributed by atoms with E-state index in [1.54, 1.807) is 0 Å². The van der Waals surface area contributed by atoms with E-state index in [1.807, 2.05) is 17.7 Å². The average Bonchev–Trinajstić information content (AvgIpc) is 2.97. The topological polar surface area (TPSA) is 25.9 Å². The van der Waals surface area contributed by atoms with Gasteiger partial charge in [0, 0.05) is 118 Å². The molecule has 0 saturated carbocycles. The summed E-state index contributed by atoms with van der Waals surface area (Å²) >= 11 is 24.7. The van der Waals surface area contributed by atoms with Crippen LogP contribution in [0.4, 0.5) is 0 Å². The molecular weight excluding hydrogens is 630 g/mol. The molecule has 0 aromatic carbocycles. The Labute approximate surface area is 260 Å². The molecule has 4 heterocycles. The number of nitrogens with zero attached hydrogens (tertiary/aromatic N) is 8.